The van der Waals surface area contributed by atoms with Crippen molar-refractivity contribution in [2.45, 2.75) is 16.6 Å². The maximum absolute atomic E-state index is 10.9. The Balaban J connectivity index is 2.05. The minimum atomic E-state index is -0.532. The van der Waals surface area contributed by atoms with Crippen molar-refractivity contribution in [1.29, 1.82) is 5.26 Å². The zero-order chi connectivity index (χ0) is 20.1. The fraction of sp³-hybridized carbons (Fsp3) is 0.105. The highest BCUT2D eigenvalue weighted by Crippen LogP contribution is 2.35. The van der Waals surface area contributed by atoms with E-state index < -0.39 is 4.92 Å². The number of rotatable bonds is 7. The first-order valence-electron chi connectivity index (χ1n) is 8.13. The lowest BCUT2D eigenvalue weighted by Crippen LogP contribution is -2.02. The number of nitro groups is 1. The summed E-state index contributed by atoms with van der Waals surface area (Å²) in [7, 11) is 1.58. The number of aromatic nitrogens is 3. The lowest BCUT2D eigenvalue weighted by Gasteiger charge is -2.11. The van der Waals surface area contributed by atoms with Crippen LogP contribution in [0.25, 0.3) is 11.4 Å². The van der Waals surface area contributed by atoms with Crippen LogP contribution in [0.1, 0.15) is 5.56 Å². The molecule has 0 saturated carbocycles. The van der Waals surface area contributed by atoms with E-state index in [4.69, 9.17) is 4.74 Å². The Morgan fingerprint density at radius 3 is 2.82 bits per heavy atom. The molecular formula is C19H15N5O3S. The SMILES string of the molecule is C=CCn1c(Sc2ccc([N+](=O)[O-])cc2C#N)nnc1-c1ccccc1OC. The van der Waals surface area contributed by atoms with Crippen molar-refractivity contribution in [2.75, 3.05) is 7.11 Å². The zero-order valence-electron chi connectivity index (χ0n) is 14.9. The average Bonchev–Trinajstić information content (AvgIpc) is 3.10. The van der Waals surface area contributed by atoms with Crippen LogP contribution in [-0.2, 0) is 6.54 Å². The molecule has 0 unspecified atom stereocenters. The summed E-state index contributed by atoms with van der Waals surface area (Å²) in [4.78, 5) is 11.0. The van der Waals surface area contributed by atoms with E-state index >= 15 is 0 Å². The average molecular weight is 393 g/mol. The van der Waals surface area contributed by atoms with Crippen LogP contribution in [0.3, 0.4) is 0 Å². The number of hydrogen-bond acceptors (Lipinski definition) is 7. The number of benzene rings is 2. The first-order chi connectivity index (χ1) is 13.6. The van der Waals surface area contributed by atoms with Gasteiger partial charge in [-0.2, -0.15) is 5.26 Å². The number of nitrogens with zero attached hydrogens (tertiary/aromatic N) is 5. The first kappa shape index (κ1) is 19.1. The largest absolute Gasteiger partial charge is 0.496 e. The van der Waals surface area contributed by atoms with Crippen molar-refractivity contribution in [3.8, 4) is 23.2 Å². The molecule has 1 heterocycles. The molecule has 2 aromatic carbocycles. The molecule has 1 aromatic heterocycles. The zero-order valence-corrected chi connectivity index (χ0v) is 15.7. The van der Waals surface area contributed by atoms with Crippen LogP contribution >= 0.6 is 11.8 Å². The summed E-state index contributed by atoms with van der Waals surface area (Å²) in [6.07, 6.45) is 1.72. The molecule has 8 nitrogen and oxygen atoms in total. The molecule has 140 valence electrons. The molecule has 3 aromatic rings. The van der Waals surface area contributed by atoms with Gasteiger partial charge in [0.2, 0.25) is 0 Å². The van der Waals surface area contributed by atoms with Gasteiger partial charge in [-0.05, 0) is 30.0 Å². The van der Waals surface area contributed by atoms with Crippen LogP contribution in [0.4, 0.5) is 5.69 Å². The summed E-state index contributed by atoms with van der Waals surface area (Å²) >= 11 is 1.21. The van der Waals surface area contributed by atoms with Gasteiger partial charge < -0.3 is 4.74 Å². The Bertz CT molecular complexity index is 1090. The quantitative estimate of drug-likeness (QED) is 0.338. The van der Waals surface area contributed by atoms with Crippen LogP contribution in [-0.4, -0.2) is 26.8 Å². The number of nitriles is 1. The van der Waals surface area contributed by atoms with E-state index in [-0.39, 0.29) is 11.3 Å². The van der Waals surface area contributed by atoms with Crippen molar-refractivity contribution in [2.24, 2.45) is 0 Å². The standard InChI is InChI=1S/C19H15N5O3S/c1-3-10-23-18(15-6-4-5-7-16(15)27-2)21-22-19(23)28-17-9-8-14(24(25)26)11-13(17)12-20/h3-9,11H,1,10H2,2H3. The molecule has 0 aliphatic heterocycles. The van der Waals surface area contributed by atoms with E-state index in [9.17, 15) is 15.4 Å². The van der Waals surface area contributed by atoms with Crippen LogP contribution < -0.4 is 4.74 Å². The van der Waals surface area contributed by atoms with E-state index in [0.717, 1.165) is 5.56 Å². The third kappa shape index (κ3) is 3.72. The summed E-state index contributed by atoms with van der Waals surface area (Å²) in [5.74, 6) is 1.25. The predicted molar refractivity (Wildman–Crippen MR) is 104 cm³/mol. The van der Waals surface area contributed by atoms with Crippen LogP contribution in [0.2, 0.25) is 0 Å². The summed E-state index contributed by atoms with van der Waals surface area (Å²) < 4.78 is 7.26. The van der Waals surface area contributed by atoms with E-state index in [1.807, 2.05) is 34.9 Å². The van der Waals surface area contributed by atoms with Crippen molar-refractivity contribution in [3.63, 3.8) is 0 Å². The van der Waals surface area contributed by atoms with Crippen LogP contribution in [0, 0.1) is 21.4 Å². The molecule has 0 saturated heterocycles. The fourth-order valence-electron chi connectivity index (χ4n) is 2.59. The number of hydrogen-bond donors (Lipinski definition) is 0. The molecule has 0 bridgehead atoms. The molecular weight excluding hydrogens is 378 g/mol. The number of allylic oxidation sites excluding steroid dienone is 1. The second kappa shape index (κ2) is 8.37. The van der Waals surface area contributed by atoms with E-state index in [2.05, 4.69) is 16.8 Å². The molecule has 0 radical (unpaired) electrons. The molecule has 0 amide bonds. The van der Waals surface area contributed by atoms with E-state index in [1.54, 1.807) is 13.2 Å². The van der Waals surface area contributed by atoms with Crippen LogP contribution in [0.5, 0.6) is 5.75 Å². The number of ether oxygens (including phenoxy) is 1. The third-order valence-corrected chi connectivity index (χ3v) is 4.93. The molecule has 0 aliphatic rings. The van der Waals surface area contributed by atoms with Gasteiger partial charge in [0.25, 0.3) is 5.69 Å². The predicted octanol–water partition coefficient (Wildman–Crippen LogP) is 4.07. The Hall–Kier alpha value is -3.64. The number of methoxy groups -OCH3 is 1. The molecule has 0 N–H and O–H groups in total. The monoisotopic (exact) mass is 393 g/mol. The summed E-state index contributed by atoms with van der Waals surface area (Å²) in [6, 6.07) is 13.6. The molecule has 9 heteroatoms. The number of non-ortho nitro benzene ring substituents is 1. The van der Waals surface area contributed by atoms with Gasteiger partial charge in [-0.1, -0.05) is 18.2 Å². The topological polar surface area (TPSA) is 107 Å². The normalized spacial score (nSPS) is 10.3. The van der Waals surface area contributed by atoms with Gasteiger partial charge in [-0.3, -0.25) is 14.7 Å². The second-order valence-corrected chi connectivity index (χ2v) is 6.57. The van der Waals surface area contributed by atoms with Crippen molar-refractivity contribution < 1.29 is 9.66 Å². The van der Waals surface area contributed by atoms with Gasteiger partial charge in [-0.25, -0.2) is 0 Å². The summed E-state index contributed by atoms with van der Waals surface area (Å²) in [6.45, 7) is 4.22. The van der Waals surface area contributed by atoms with Gasteiger partial charge in [0.05, 0.1) is 23.2 Å². The summed E-state index contributed by atoms with van der Waals surface area (Å²) in [5, 5.41) is 29.4. The molecule has 3 rings (SSSR count). The van der Waals surface area contributed by atoms with Gasteiger partial charge in [0, 0.05) is 23.6 Å². The minimum absolute atomic E-state index is 0.136. The first-order valence-corrected chi connectivity index (χ1v) is 8.94. The number of nitro benzene ring substituents is 1. The minimum Gasteiger partial charge on any atom is -0.496 e. The third-order valence-electron chi connectivity index (χ3n) is 3.87. The van der Waals surface area contributed by atoms with Crippen LogP contribution in [0.15, 0.2) is 65.2 Å². The van der Waals surface area contributed by atoms with Crippen molar-refractivity contribution in [1.82, 2.24) is 14.8 Å². The molecule has 0 atom stereocenters. The maximum atomic E-state index is 10.9. The Labute approximate surface area is 165 Å². The van der Waals surface area contributed by atoms with Gasteiger partial charge in [0.15, 0.2) is 11.0 Å². The highest BCUT2D eigenvalue weighted by atomic mass is 32.2. The van der Waals surface area contributed by atoms with Gasteiger partial charge in [-0.15, -0.1) is 16.8 Å². The Morgan fingerprint density at radius 2 is 2.14 bits per heavy atom. The highest BCUT2D eigenvalue weighted by molar-refractivity contribution is 7.99. The fourth-order valence-corrected chi connectivity index (χ4v) is 3.49. The molecule has 0 fully saturated rings. The van der Waals surface area contributed by atoms with Crippen molar-refractivity contribution in [3.05, 3.63) is 70.8 Å². The lowest BCUT2D eigenvalue weighted by molar-refractivity contribution is -0.384. The maximum Gasteiger partial charge on any atom is 0.270 e. The smallest absolute Gasteiger partial charge is 0.270 e. The summed E-state index contributed by atoms with van der Waals surface area (Å²) in [5.41, 5.74) is 0.838. The second-order valence-electron chi connectivity index (χ2n) is 5.56. The number of para-hydroxylation sites is 1. The van der Waals surface area contributed by atoms with Gasteiger partial charge >= 0.3 is 0 Å². The molecule has 0 aliphatic carbocycles. The Kier molecular flexibility index (Phi) is 5.72. The van der Waals surface area contributed by atoms with Crippen molar-refractivity contribution >= 4 is 17.4 Å². The molecule has 0 spiro atoms. The van der Waals surface area contributed by atoms with E-state index in [1.165, 1.54) is 30.0 Å². The lowest BCUT2D eigenvalue weighted by atomic mass is 10.2. The highest BCUT2D eigenvalue weighted by Gasteiger charge is 2.19. The molecule has 28 heavy (non-hydrogen) atoms. The Morgan fingerprint density at radius 1 is 1.36 bits per heavy atom. The van der Waals surface area contributed by atoms with E-state index in [0.29, 0.717) is 28.2 Å². The van der Waals surface area contributed by atoms with Gasteiger partial charge in [0.1, 0.15) is 11.8 Å².